The van der Waals surface area contributed by atoms with Gasteiger partial charge in [0.05, 0.1) is 16.6 Å². The van der Waals surface area contributed by atoms with Crippen LogP contribution in [0.25, 0.3) is 21.8 Å². The maximum Gasteiger partial charge on any atom is 0.435 e. The lowest BCUT2D eigenvalue weighted by molar-refractivity contribution is -0.0102. The zero-order chi connectivity index (χ0) is 39.1. The van der Waals surface area contributed by atoms with Crippen LogP contribution < -0.4 is 15.1 Å². The van der Waals surface area contributed by atoms with Crippen molar-refractivity contribution in [1.29, 1.82) is 0 Å². The highest BCUT2D eigenvalue weighted by atomic mass is 19.3. The third kappa shape index (κ3) is 9.56. The number of pyridine rings is 1. The summed E-state index contributed by atoms with van der Waals surface area (Å²) in [5.74, 6) is -3.47. The van der Waals surface area contributed by atoms with Gasteiger partial charge in [-0.25, -0.2) is 28.1 Å². The molecular formula is C38H46F2N6O7. The van der Waals surface area contributed by atoms with Gasteiger partial charge in [-0.15, -0.1) is 5.10 Å². The molecule has 0 unspecified atom stereocenters. The van der Waals surface area contributed by atoms with Gasteiger partial charge in [-0.2, -0.15) is 9.58 Å². The van der Waals surface area contributed by atoms with Gasteiger partial charge in [0.2, 0.25) is 5.92 Å². The van der Waals surface area contributed by atoms with E-state index in [4.69, 9.17) is 19.2 Å². The maximum absolute atomic E-state index is 14.3. The van der Waals surface area contributed by atoms with Crippen molar-refractivity contribution < 1.29 is 42.2 Å². The summed E-state index contributed by atoms with van der Waals surface area (Å²) in [5.41, 5.74) is -1.90. The minimum absolute atomic E-state index is 0.00293. The maximum atomic E-state index is 14.3. The zero-order valence-electron chi connectivity index (χ0n) is 31.5. The standard InChI is InChI=1S/C38H46F2N6O7/c1-35(2,3)51-32(48)45(33(49)52-36(4,5)6)30-25-22-24(15-16-28(25)46(43-30)34(50)53-37(7,8)9)41-31(47)26-21-23-13-10-11-14-27(23)42-29(26)44-19-12-17-38(39,40)18-20-44/h10-11,13-16,21-22H,12,17-20H2,1-9H3,(H,41,47). The van der Waals surface area contributed by atoms with E-state index in [2.05, 4.69) is 10.4 Å². The largest absolute Gasteiger partial charge is 0.443 e. The average Bonchev–Trinajstić information content (AvgIpc) is 3.27. The van der Waals surface area contributed by atoms with Crippen LogP contribution in [0.3, 0.4) is 0 Å². The van der Waals surface area contributed by atoms with Crippen LogP contribution in [0.5, 0.6) is 0 Å². The molecule has 1 aliphatic heterocycles. The predicted octanol–water partition coefficient (Wildman–Crippen LogP) is 8.92. The predicted molar refractivity (Wildman–Crippen MR) is 197 cm³/mol. The lowest BCUT2D eigenvalue weighted by Gasteiger charge is -2.27. The summed E-state index contributed by atoms with van der Waals surface area (Å²) in [7, 11) is 0. The van der Waals surface area contributed by atoms with E-state index >= 15 is 0 Å². The van der Waals surface area contributed by atoms with Crippen molar-refractivity contribution in [2.75, 3.05) is 28.2 Å². The highest BCUT2D eigenvalue weighted by Gasteiger charge is 2.37. The number of hydrogen-bond acceptors (Lipinski definition) is 10. The molecule has 1 N–H and O–H groups in total. The molecule has 2 aromatic heterocycles. The van der Waals surface area contributed by atoms with Crippen LogP contribution in [0, 0.1) is 0 Å². The molecule has 0 aliphatic carbocycles. The topological polar surface area (TPSA) is 145 Å². The Balaban J connectivity index is 1.62. The fourth-order valence-corrected chi connectivity index (χ4v) is 5.64. The van der Waals surface area contributed by atoms with Gasteiger partial charge in [0.25, 0.3) is 5.91 Å². The fraction of sp³-hybridized carbons (Fsp3) is 0.474. The summed E-state index contributed by atoms with van der Waals surface area (Å²) in [6.07, 6.45) is -3.56. The van der Waals surface area contributed by atoms with Crippen molar-refractivity contribution in [3.05, 3.63) is 54.1 Å². The smallest absolute Gasteiger partial charge is 0.435 e. The summed E-state index contributed by atoms with van der Waals surface area (Å²) < 4.78 is 46.3. The Morgan fingerprint density at radius 1 is 0.811 bits per heavy atom. The first-order chi connectivity index (χ1) is 24.5. The number of hydrogen-bond donors (Lipinski definition) is 1. The first kappa shape index (κ1) is 38.9. The van der Waals surface area contributed by atoms with Crippen LogP contribution in [0.2, 0.25) is 0 Å². The van der Waals surface area contributed by atoms with Crippen LogP contribution in [-0.2, 0) is 14.2 Å². The van der Waals surface area contributed by atoms with E-state index < -0.39 is 46.9 Å². The second-order valence-electron chi connectivity index (χ2n) is 15.9. The highest BCUT2D eigenvalue weighted by Crippen LogP contribution is 2.34. The molecule has 2 aromatic carbocycles. The second kappa shape index (κ2) is 14.2. The first-order valence-corrected chi connectivity index (χ1v) is 17.4. The molecule has 15 heteroatoms. The van der Waals surface area contributed by atoms with Gasteiger partial charge in [0.15, 0.2) is 5.82 Å². The van der Waals surface area contributed by atoms with Crippen molar-refractivity contribution in [2.45, 2.75) is 104 Å². The number of anilines is 3. The third-order valence-electron chi connectivity index (χ3n) is 7.81. The minimum atomic E-state index is -2.82. The molecule has 13 nitrogen and oxygen atoms in total. The van der Waals surface area contributed by atoms with Gasteiger partial charge in [-0.1, -0.05) is 18.2 Å². The Labute approximate surface area is 306 Å². The van der Waals surface area contributed by atoms with Crippen LogP contribution in [0.15, 0.2) is 48.5 Å². The molecule has 1 aliphatic rings. The molecule has 3 amide bonds. The normalized spacial score (nSPS) is 15.1. The molecular weight excluding hydrogens is 690 g/mol. The van der Waals surface area contributed by atoms with Gasteiger partial charge < -0.3 is 24.4 Å². The van der Waals surface area contributed by atoms with E-state index in [0.717, 1.165) is 4.68 Å². The number of alkyl halides is 2. The lowest BCUT2D eigenvalue weighted by Crippen LogP contribution is -2.44. The van der Waals surface area contributed by atoms with Gasteiger partial charge in [0, 0.05) is 42.4 Å². The third-order valence-corrected chi connectivity index (χ3v) is 7.81. The van der Waals surface area contributed by atoms with E-state index in [-0.39, 0.29) is 66.1 Å². The van der Waals surface area contributed by atoms with E-state index in [0.29, 0.717) is 15.8 Å². The summed E-state index contributed by atoms with van der Waals surface area (Å²) in [5, 5.41) is 7.97. The summed E-state index contributed by atoms with van der Waals surface area (Å²) in [6.45, 7) is 15.0. The quantitative estimate of drug-likeness (QED) is 0.202. The average molecular weight is 737 g/mol. The van der Waals surface area contributed by atoms with Crippen molar-refractivity contribution in [3.63, 3.8) is 0 Å². The SMILES string of the molecule is CC(C)(C)OC(=O)N(C(=O)OC(C)(C)C)c1nn(C(=O)OC(C)(C)C)c2ccc(NC(=O)c3cc4ccccc4nc3N3CCCC(F)(F)CC3)cc12. The van der Waals surface area contributed by atoms with Crippen LogP contribution in [0.4, 0.5) is 40.5 Å². The fourth-order valence-electron chi connectivity index (χ4n) is 5.64. The van der Waals surface area contributed by atoms with Crippen LogP contribution >= 0.6 is 0 Å². The number of amides is 3. The molecule has 284 valence electrons. The number of benzene rings is 2. The molecule has 1 fully saturated rings. The van der Waals surface area contributed by atoms with E-state index in [1.165, 1.54) is 18.2 Å². The van der Waals surface area contributed by atoms with E-state index in [1.54, 1.807) is 97.5 Å². The Hall–Kier alpha value is -5.34. The van der Waals surface area contributed by atoms with Crippen molar-refractivity contribution in [2.24, 2.45) is 0 Å². The van der Waals surface area contributed by atoms with E-state index in [1.807, 2.05) is 0 Å². The number of nitrogens with one attached hydrogen (secondary N) is 1. The van der Waals surface area contributed by atoms with Crippen LogP contribution in [-0.4, -0.2) is 74.8 Å². The molecule has 0 spiro atoms. The van der Waals surface area contributed by atoms with E-state index in [9.17, 15) is 28.0 Å². The second-order valence-corrected chi connectivity index (χ2v) is 15.9. The number of ether oxygens (including phenoxy) is 3. The molecule has 0 saturated carbocycles. The number of halogens is 2. The van der Waals surface area contributed by atoms with Gasteiger partial charge in [-0.3, -0.25) is 4.79 Å². The molecule has 0 atom stereocenters. The van der Waals surface area contributed by atoms with Crippen molar-refractivity contribution >= 4 is 63.3 Å². The summed E-state index contributed by atoms with van der Waals surface area (Å²) >= 11 is 0. The number of para-hydroxylation sites is 1. The zero-order valence-corrected chi connectivity index (χ0v) is 31.5. The molecule has 5 rings (SSSR count). The Morgan fingerprint density at radius 2 is 1.43 bits per heavy atom. The van der Waals surface area contributed by atoms with Gasteiger partial charge in [-0.05, 0) is 99.1 Å². The number of rotatable bonds is 4. The summed E-state index contributed by atoms with van der Waals surface area (Å²) in [6, 6.07) is 13.3. The number of nitrogens with zero attached hydrogens (tertiary/aromatic N) is 5. The Kier molecular flexibility index (Phi) is 10.4. The number of fused-ring (bicyclic) bond motifs is 2. The Morgan fingerprint density at radius 3 is 2.06 bits per heavy atom. The first-order valence-electron chi connectivity index (χ1n) is 17.4. The molecule has 53 heavy (non-hydrogen) atoms. The van der Waals surface area contributed by atoms with Gasteiger partial charge >= 0.3 is 18.3 Å². The van der Waals surface area contributed by atoms with Crippen LogP contribution in [0.1, 0.15) is 91.9 Å². The highest BCUT2D eigenvalue weighted by molar-refractivity contribution is 6.15. The monoisotopic (exact) mass is 736 g/mol. The lowest BCUT2D eigenvalue weighted by atomic mass is 10.1. The van der Waals surface area contributed by atoms with Gasteiger partial charge in [0.1, 0.15) is 22.6 Å². The number of carbonyl (C=O) groups excluding carboxylic acids is 4. The molecule has 0 radical (unpaired) electrons. The number of carbonyl (C=O) groups is 4. The van der Waals surface area contributed by atoms with Crippen molar-refractivity contribution in [1.82, 2.24) is 14.8 Å². The minimum Gasteiger partial charge on any atom is -0.443 e. The molecule has 3 heterocycles. The molecule has 0 bridgehead atoms. The van der Waals surface area contributed by atoms with Crippen molar-refractivity contribution in [3.8, 4) is 0 Å². The molecule has 1 saturated heterocycles. The summed E-state index contributed by atoms with van der Waals surface area (Å²) in [4.78, 5) is 61.9. The number of imide groups is 1. The Bertz CT molecular complexity index is 2030. The number of aromatic nitrogens is 3. The molecule has 4 aromatic rings.